The lowest BCUT2D eigenvalue weighted by atomic mass is 10.0. The summed E-state index contributed by atoms with van der Waals surface area (Å²) in [5, 5.41) is 11.3. The third-order valence-corrected chi connectivity index (χ3v) is 7.05. The van der Waals surface area contributed by atoms with Gasteiger partial charge in [0.15, 0.2) is 0 Å². The molecule has 4 aromatic rings. The van der Waals surface area contributed by atoms with Gasteiger partial charge >= 0.3 is 0 Å². The molecule has 1 saturated carbocycles. The number of benzene rings is 2. The molecule has 2 aromatic heterocycles. The van der Waals surface area contributed by atoms with E-state index in [1.54, 1.807) is 12.4 Å². The van der Waals surface area contributed by atoms with E-state index in [1.807, 2.05) is 55.5 Å². The van der Waals surface area contributed by atoms with E-state index in [2.05, 4.69) is 25.9 Å². The van der Waals surface area contributed by atoms with E-state index < -0.39 is 12.1 Å². The number of alkyl halides is 1. The predicted octanol–water partition coefficient (Wildman–Crippen LogP) is 5.25. The Kier molecular flexibility index (Phi) is 6.59. The molecule has 3 heterocycles. The summed E-state index contributed by atoms with van der Waals surface area (Å²) in [4.78, 5) is 26.1. The first kappa shape index (κ1) is 24.2. The van der Waals surface area contributed by atoms with Gasteiger partial charge in [0.25, 0.3) is 0 Å². The summed E-state index contributed by atoms with van der Waals surface area (Å²) in [7, 11) is 0. The van der Waals surface area contributed by atoms with Gasteiger partial charge in [-0.05, 0) is 62.6 Å². The number of anilines is 2. The van der Waals surface area contributed by atoms with Crippen LogP contribution in [0.1, 0.15) is 24.8 Å². The topological polar surface area (TPSA) is 101 Å². The Hall–Kier alpha value is -4.11. The van der Waals surface area contributed by atoms with Crippen LogP contribution in [0.15, 0.2) is 60.9 Å². The fourth-order valence-corrected chi connectivity index (χ4v) is 4.84. The average Bonchev–Trinajstić information content (AvgIpc) is 3.68. The highest BCUT2D eigenvalue weighted by Gasteiger charge is 2.43. The van der Waals surface area contributed by atoms with Crippen molar-refractivity contribution in [1.82, 2.24) is 20.3 Å². The molecule has 2 fully saturated rings. The summed E-state index contributed by atoms with van der Waals surface area (Å²) in [6.07, 6.45) is 4.83. The van der Waals surface area contributed by atoms with E-state index in [1.165, 1.54) is 0 Å². The fraction of sp³-hybridized carbons (Fsp3) is 0.310. The van der Waals surface area contributed by atoms with Crippen LogP contribution < -0.4 is 20.7 Å². The van der Waals surface area contributed by atoms with Crippen molar-refractivity contribution in [3.63, 3.8) is 0 Å². The van der Waals surface area contributed by atoms with Crippen LogP contribution >= 0.6 is 0 Å². The van der Waals surface area contributed by atoms with Crippen LogP contribution in [0, 0.1) is 12.8 Å². The van der Waals surface area contributed by atoms with Gasteiger partial charge in [0.2, 0.25) is 17.7 Å². The molecular weight excluding hydrogens is 483 g/mol. The van der Waals surface area contributed by atoms with Crippen molar-refractivity contribution < 1.29 is 13.9 Å². The zero-order valence-electron chi connectivity index (χ0n) is 21.1. The molecule has 2 aliphatic rings. The molecule has 1 amide bonds. The van der Waals surface area contributed by atoms with Gasteiger partial charge in [-0.2, -0.15) is 0 Å². The van der Waals surface area contributed by atoms with E-state index in [-0.39, 0.29) is 18.4 Å². The van der Waals surface area contributed by atoms with Crippen LogP contribution in [0.3, 0.4) is 0 Å². The molecule has 3 N–H and O–H groups in total. The van der Waals surface area contributed by atoms with Crippen molar-refractivity contribution in [1.29, 1.82) is 0 Å². The number of hydrogen-bond donors (Lipinski definition) is 3. The third kappa shape index (κ3) is 5.02. The predicted molar refractivity (Wildman–Crippen MR) is 145 cm³/mol. The Morgan fingerprint density at radius 2 is 1.97 bits per heavy atom. The maximum atomic E-state index is 13.4. The summed E-state index contributed by atoms with van der Waals surface area (Å²) in [6.45, 7) is 3.88. The lowest BCUT2D eigenvalue weighted by Crippen LogP contribution is -2.38. The van der Waals surface area contributed by atoms with Gasteiger partial charge < -0.3 is 20.7 Å². The molecule has 6 rings (SSSR count). The standard InChI is InChI=1S/C29H29FN6O2/c1-17-9-10-19-20(6-2-8-24(19)35-27(37)22-15-23(22)30)26(17)38-28-21(7-4-13-32-28)25-11-14-33-29(36-25)34-18-5-3-12-31-16-18/h2,4,6-11,13-14,18,22-23,31H,3,5,12,15-16H2,1H3,(H,35,37)(H,33,34,36)/t18-,22-,23-/m0/s1. The maximum Gasteiger partial charge on any atom is 0.230 e. The Bertz CT molecular complexity index is 1490. The first-order valence-electron chi connectivity index (χ1n) is 13.0. The summed E-state index contributed by atoms with van der Waals surface area (Å²) in [6, 6.07) is 15.4. The number of pyridine rings is 1. The Morgan fingerprint density at radius 1 is 1.08 bits per heavy atom. The van der Waals surface area contributed by atoms with Gasteiger partial charge in [0.05, 0.1) is 17.2 Å². The number of nitrogens with zero attached hydrogens (tertiary/aromatic N) is 3. The van der Waals surface area contributed by atoms with Crippen LogP contribution in [-0.4, -0.2) is 46.2 Å². The number of carbonyl (C=O) groups is 1. The molecule has 194 valence electrons. The second-order valence-corrected chi connectivity index (χ2v) is 9.87. The number of carbonyl (C=O) groups excluding carboxylic acids is 1. The highest BCUT2D eigenvalue weighted by atomic mass is 19.1. The first-order chi connectivity index (χ1) is 18.6. The Morgan fingerprint density at radius 3 is 2.79 bits per heavy atom. The monoisotopic (exact) mass is 512 g/mol. The van der Waals surface area contributed by atoms with E-state index in [4.69, 9.17) is 9.72 Å². The second kappa shape index (κ2) is 10.3. The molecule has 9 heteroatoms. The number of hydrogen-bond acceptors (Lipinski definition) is 7. The number of piperidine rings is 1. The number of halogens is 1. The molecule has 8 nitrogen and oxygen atoms in total. The van der Waals surface area contributed by atoms with Gasteiger partial charge in [-0.3, -0.25) is 4.79 Å². The third-order valence-electron chi connectivity index (χ3n) is 7.05. The minimum Gasteiger partial charge on any atom is -0.437 e. The van der Waals surface area contributed by atoms with Crippen molar-refractivity contribution in [2.24, 2.45) is 5.92 Å². The minimum atomic E-state index is -1.05. The number of aryl methyl sites for hydroxylation is 1. The zero-order chi connectivity index (χ0) is 26.1. The summed E-state index contributed by atoms with van der Waals surface area (Å²) in [5.41, 5.74) is 2.98. The van der Waals surface area contributed by atoms with Crippen molar-refractivity contribution in [2.75, 3.05) is 23.7 Å². The number of fused-ring (bicyclic) bond motifs is 1. The Labute approximate surface area is 220 Å². The molecule has 38 heavy (non-hydrogen) atoms. The number of ether oxygens (including phenoxy) is 1. The van der Waals surface area contributed by atoms with E-state index in [0.717, 1.165) is 47.8 Å². The SMILES string of the molecule is Cc1ccc2c(NC(=O)[C@H]3C[C@@H]3F)cccc2c1Oc1ncccc1-c1ccnc(N[C@H]2CCCNC2)n1. The quantitative estimate of drug-likeness (QED) is 0.311. The average molecular weight is 513 g/mol. The highest BCUT2D eigenvalue weighted by molar-refractivity contribution is 6.05. The van der Waals surface area contributed by atoms with Crippen molar-refractivity contribution in [3.05, 3.63) is 66.5 Å². The number of aromatic nitrogens is 3. The fourth-order valence-electron chi connectivity index (χ4n) is 4.84. The lowest BCUT2D eigenvalue weighted by Gasteiger charge is -2.23. The van der Waals surface area contributed by atoms with E-state index >= 15 is 0 Å². The van der Waals surface area contributed by atoms with Gasteiger partial charge in [-0.15, -0.1) is 0 Å². The number of nitrogens with one attached hydrogen (secondary N) is 3. The largest absolute Gasteiger partial charge is 0.437 e. The van der Waals surface area contributed by atoms with Crippen molar-refractivity contribution in [3.8, 4) is 22.9 Å². The molecule has 0 spiro atoms. The first-order valence-corrected chi connectivity index (χ1v) is 13.0. The van der Waals surface area contributed by atoms with Gasteiger partial charge in [-0.25, -0.2) is 19.3 Å². The molecule has 0 unspecified atom stereocenters. The Balaban J connectivity index is 1.31. The van der Waals surface area contributed by atoms with Crippen LogP contribution in [0.5, 0.6) is 11.6 Å². The van der Waals surface area contributed by atoms with Crippen LogP contribution in [0.2, 0.25) is 0 Å². The summed E-state index contributed by atoms with van der Waals surface area (Å²) in [5.74, 6) is 0.758. The van der Waals surface area contributed by atoms with Gasteiger partial charge in [-0.1, -0.05) is 24.3 Å². The molecule has 1 aliphatic heterocycles. The van der Waals surface area contributed by atoms with Gasteiger partial charge in [0.1, 0.15) is 11.9 Å². The minimum absolute atomic E-state index is 0.282. The van der Waals surface area contributed by atoms with Crippen molar-refractivity contribution in [2.45, 2.75) is 38.4 Å². The molecule has 0 radical (unpaired) electrons. The number of rotatable bonds is 7. The molecule has 2 aromatic carbocycles. The molecular formula is C29H29FN6O2. The maximum absolute atomic E-state index is 13.4. The lowest BCUT2D eigenvalue weighted by molar-refractivity contribution is -0.117. The van der Waals surface area contributed by atoms with Crippen LogP contribution in [0.4, 0.5) is 16.0 Å². The summed E-state index contributed by atoms with van der Waals surface area (Å²) >= 11 is 0. The van der Waals surface area contributed by atoms with Crippen LogP contribution in [-0.2, 0) is 4.79 Å². The highest BCUT2D eigenvalue weighted by Crippen LogP contribution is 2.40. The molecule has 1 saturated heterocycles. The molecule has 3 atom stereocenters. The van der Waals surface area contributed by atoms with Crippen molar-refractivity contribution >= 4 is 28.3 Å². The van der Waals surface area contributed by atoms with Gasteiger partial charge in [0, 0.05) is 41.4 Å². The second-order valence-electron chi connectivity index (χ2n) is 9.87. The smallest absolute Gasteiger partial charge is 0.230 e. The summed E-state index contributed by atoms with van der Waals surface area (Å²) < 4.78 is 19.9. The van der Waals surface area contributed by atoms with E-state index in [9.17, 15) is 9.18 Å². The molecule has 0 bridgehead atoms. The normalized spacial score (nSPS) is 20.6. The zero-order valence-corrected chi connectivity index (χ0v) is 21.1. The number of amides is 1. The van der Waals surface area contributed by atoms with Crippen LogP contribution in [0.25, 0.3) is 22.0 Å². The molecule has 1 aliphatic carbocycles. The van der Waals surface area contributed by atoms with E-state index in [0.29, 0.717) is 29.0 Å².